The highest BCUT2D eigenvalue weighted by molar-refractivity contribution is 8.17. The predicted molar refractivity (Wildman–Crippen MR) is 84.5 cm³/mol. The third-order valence-electron chi connectivity index (χ3n) is 2.94. The predicted octanol–water partition coefficient (Wildman–Crippen LogP) is 2.32. The highest BCUT2D eigenvalue weighted by Gasteiger charge is 2.33. The zero-order chi connectivity index (χ0) is 13.2. The van der Waals surface area contributed by atoms with E-state index in [0.717, 1.165) is 28.9 Å². The van der Waals surface area contributed by atoms with Crippen molar-refractivity contribution in [1.29, 1.82) is 0 Å². The minimum absolute atomic E-state index is 0.220. The molecule has 1 fully saturated rings. The second kappa shape index (κ2) is 5.66. The van der Waals surface area contributed by atoms with Crippen molar-refractivity contribution in [3.8, 4) is 5.75 Å². The molecule has 2 atom stereocenters. The normalized spacial score (nSPS) is 27.0. The van der Waals surface area contributed by atoms with Gasteiger partial charge in [-0.15, -0.1) is 0 Å². The van der Waals surface area contributed by atoms with E-state index >= 15 is 0 Å². The van der Waals surface area contributed by atoms with Crippen LogP contribution in [-0.2, 0) is 11.8 Å². The van der Waals surface area contributed by atoms with Gasteiger partial charge >= 0.3 is 0 Å². The summed E-state index contributed by atoms with van der Waals surface area (Å²) in [5.41, 5.74) is 0. The van der Waals surface area contributed by atoms with Crippen LogP contribution in [0.25, 0.3) is 0 Å². The fourth-order valence-corrected chi connectivity index (χ4v) is 5.92. The van der Waals surface area contributed by atoms with Gasteiger partial charge in [0.1, 0.15) is 12.1 Å². The SMILES string of the molecule is CCCC1NP(=S)(c2ccc(OC)cc2)NC1=S. The molecule has 0 radical (unpaired) electrons. The topological polar surface area (TPSA) is 33.3 Å². The van der Waals surface area contributed by atoms with Crippen molar-refractivity contribution in [2.45, 2.75) is 25.8 Å². The molecule has 0 spiro atoms. The molecular weight excluding hydrogens is 283 g/mol. The molecule has 1 aromatic rings. The molecule has 0 saturated carbocycles. The maximum absolute atomic E-state index is 5.74. The third kappa shape index (κ3) is 2.75. The van der Waals surface area contributed by atoms with Gasteiger partial charge in [0.05, 0.1) is 18.1 Å². The van der Waals surface area contributed by atoms with Gasteiger partial charge in [-0.05, 0) is 30.7 Å². The lowest BCUT2D eigenvalue weighted by atomic mass is 10.2. The van der Waals surface area contributed by atoms with Gasteiger partial charge in [0, 0.05) is 5.30 Å². The Morgan fingerprint density at radius 3 is 2.56 bits per heavy atom. The Bertz CT molecular complexity index is 489. The molecule has 2 rings (SSSR count). The van der Waals surface area contributed by atoms with Crippen LogP contribution in [0.15, 0.2) is 24.3 Å². The van der Waals surface area contributed by atoms with Gasteiger partial charge in [0.2, 0.25) is 0 Å². The van der Waals surface area contributed by atoms with Crippen LogP contribution in [0.2, 0.25) is 0 Å². The van der Waals surface area contributed by atoms with Crippen LogP contribution in [0.1, 0.15) is 19.8 Å². The molecule has 0 amide bonds. The number of benzene rings is 1. The molecule has 0 aliphatic carbocycles. The quantitative estimate of drug-likeness (QED) is 0.659. The summed E-state index contributed by atoms with van der Waals surface area (Å²) in [6, 6.07) is 8.11. The standard InChI is InChI=1S/C12H17N2OPS2/c1-3-4-11-12(17)14-16(18,13-11)10-7-5-9(15-2)6-8-10/h5-8,11H,3-4H2,1-2H3,(H2,13,14,17,18). The summed E-state index contributed by atoms with van der Waals surface area (Å²) in [7, 11) is 1.66. The third-order valence-corrected chi connectivity index (χ3v) is 6.95. The maximum atomic E-state index is 5.74. The highest BCUT2D eigenvalue weighted by atomic mass is 32.4. The highest BCUT2D eigenvalue weighted by Crippen LogP contribution is 2.41. The van der Waals surface area contributed by atoms with Crippen LogP contribution in [0.3, 0.4) is 0 Å². The van der Waals surface area contributed by atoms with Crippen LogP contribution in [0.4, 0.5) is 0 Å². The zero-order valence-corrected chi connectivity index (χ0v) is 13.0. The summed E-state index contributed by atoms with van der Waals surface area (Å²) >= 11 is 11.1. The number of hydrogen-bond donors (Lipinski definition) is 2. The Hall–Kier alpha value is -0.480. The molecule has 1 aliphatic heterocycles. The lowest BCUT2D eigenvalue weighted by Crippen LogP contribution is -2.26. The van der Waals surface area contributed by atoms with Gasteiger partial charge in [0.25, 0.3) is 0 Å². The first-order chi connectivity index (χ1) is 8.59. The van der Waals surface area contributed by atoms with Gasteiger partial charge in [-0.2, -0.15) is 0 Å². The number of ether oxygens (including phenoxy) is 1. The van der Waals surface area contributed by atoms with Crippen molar-refractivity contribution in [3.63, 3.8) is 0 Å². The Labute approximate surface area is 118 Å². The van der Waals surface area contributed by atoms with E-state index in [0.29, 0.717) is 0 Å². The van der Waals surface area contributed by atoms with Crippen molar-refractivity contribution in [2.24, 2.45) is 0 Å². The fraction of sp³-hybridized carbons (Fsp3) is 0.417. The number of rotatable bonds is 4. The van der Waals surface area contributed by atoms with Gasteiger partial charge in [-0.25, -0.2) is 0 Å². The molecule has 1 aromatic carbocycles. The van der Waals surface area contributed by atoms with E-state index in [9.17, 15) is 0 Å². The number of hydrogen-bond acceptors (Lipinski definition) is 3. The minimum Gasteiger partial charge on any atom is -0.497 e. The van der Waals surface area contributed by atoms with Crippen LogP contribution in [-0.4, -0.2) is 18.1 Å². The summed E-state index contributed by atoms with van der Waals surface area (Å²) in [5.74, 6) is 0.840. The van der Waals surface area contributed by atoms with Crippen molar-refractivity contribution < 1.29 is 4.74 Å². The smallest absolute Gasteiger partial charge is 0.126 e. The molecular formula is C12H17N2OPS2. The molecule has 2 unspecified atom stereocenters. The van der Waals surface area contributed by atoms with Gasteiger partial charge in [-0.1, -0.05) is 37.4 Å². The Balaban J connectivity index is 2.22. The summed E-state index contributed by atoms with van der Waals surface area (Å²) in [5, 5.41) is 7.93. The summed E-state index contributed by atoms with van der Waals surface area (Å²) in [4.78, 5) is 0.857. The average Bonchev–Trinajstić information content (AvgIpc) is 2.66. The Kier molecular flexibility index (Phi) is 4.38. The number of nitrogens with one attached hydrogen (secondary N) is 2. The van der Waals surface area contributed by atoms with Crippen LogP contribution >= 0.6 is 18.6 Å². The lowest BCUT2D eigenvalue weighted by Gasteiger charge is -2.17. The zero-order valence-electron chi connectivity index (χ0n) is 10.5. The molecule has 98 valence electrons. The summed E-state index contributed by atoms with van der Waals surface area (Å²) in [6.45, 7) is 2.15. The molecule has 0 bridgehead atoms. The van der Waals surface area contributed by atoms with Crippen molar-refractivity contribution >= 4 is 40.7 Å². The molecule has 2 N–H and O–H groups in total. The Morgan fingerprint density at radius 2 is 2.00 bits per heavy atom. The largest absolute Gasteiger partial charge is 0.497 e. The van der Waals surface area contributed by atoms with E-state index in [1.165, 1.54) is 0 Å². The van der Waals surface area contributed by atoms with Crippen molar-refractivity contribution in [2.75, 3.05) is 7.11 Å². The molecule has 1 heterocycles. The van der Waals surface area contributed by atoms with E-state index < -0.39 is 6.34 Å². The number of thiocarbonyl (C=S) groups is 1. The van der Waals surface area contributed by atoms with Crippen LogP contribution in [0, 0.1) is 0 Å². The van der Waals surface area contributed by atoms with Crippen molar-refractivity contribution in [3.05, 3.63) is 24.3 Å². The first-order valence-electron chi connectivity index (χ1n) is 5.93. The van der Waals surface area contributed by atoms with E-state index in [4.69, 9.17) is 28.8 Å². The average molecular weight is 300 g/mol. The molecule has 0 aromatic heterocycles. The van der Waals surface area contributed by atoms with Gasteiger partial charge in [-0.3, -0.25) is 5.09 Å². The van der Waals surface area contributed by atoms with Crippen LogP contribution in [0.5, 0.6) is 5.75 Å². The monoisotopic (exact) mass is 300 g/mol. The lowest BCUT2D eigenvalue weighted by molar-refractivity contribution is 0.415. The fourth-order valence-electron chi connectivity index (χ4n) is 1.96. The molecule has 6 heteroatoms. The van der Waals surface area contributed by atoms with E-state index in [-0.39, 0.29) is 6.04 Å². The molecule has 1 saturated heterocycles. The summed E-state index contributed by atoms with van der Waals surface area (Å²) in [6.07, 6.45) is 0.165. The maximum Gasteiger partial charge on any atom is 0.126 e. The van der Waals surface area contributed by atoms with Crippen molar-refractivity contribution in [1.82, 2.24) is 10.2 Å². The van der Waals surface area contributed by atoms with E-state index in [1.807, 2.05) is 24.3 Å². The minimum atomic E-state index is -1.96. The second-order valence-electron chi connectivity index (χ2n) is 4.25. The second-order valence-corrected chi connectivity index (χ2v) is 8.55. The first-order valence-corrected chi connectivity index (χ1v) is 9.14. The first kappa shape index (κ1) is 13.9. The summed E-state index contributed by atoms with van der Waals surface area (Å²) < 4.78 is 5.16. The van der Waals surface area contributed by atoms with Crippen LogP contribution < -0.4 is 20.2 Å². The van der Waals surface area contributed by atoms with E-state index in [2.05, 4.69) is 17.1 Å². The Morgan fingerprint density at radius 1 is 1.33 bits per heavy atom. The number of methoxy groups -OCH3 is 1. The van der Waals surface area contributed by atoms with E-state index in [1.54, 1.807) is 7.11 Å². The molecule has 18 heavy (non-hydrogen) atoms. The molecule has 1 aliphatic rings. The van der Waals surface area contributed by atoms with Gasteiger partial charge < -0.3 is 9.82 Å². The van der Waals surface area contributed by atoms with Gasteiger partial charge in [0.15, 0.2) is 0 Å². The molecule has 3 nitrogen and oxygen atoms in total.